The van der Waals surface area contributed by atoms with Gasteiger partial charge in [0.2, 0.25) is 0 Å². The minimum atomic E-state index is -1.12. The predicted molar refractivity (Wildman–Crippen MR) is 60.3 cm³/mol. The molecule has 2 rings (SSSR count). The number of carboxylic acid groups (broad SMARTS) is 1. The van der Waals surface area contributed by atoms with Gasteiger partial charge in [-0.3, -0.25) is 0 Å². The number of para-hydroxylation sites is 1. The van der Waals surface area contributed by atoms with Crippen LogP contribution in [0.4, 0.5) is 0 Å². The van der Waals surface area contributed by atoms with Crippen LogP contribution in [0.1, 0.15) is 16.2 Å². The first-order chi connectivity index (χ1) is 7.61. The van der Waals surface area contributed by atoms with Crippen LogP contribution in [-0.4, -0.2) is 20.9 Å². The number of aromatic nitrogens is 2. The molecule has 82 valence electrons. The van der Waals surface area contributed by atoms with Crippen LogP contribution >= 0.6 is 11.6 Å². The van der Waals surface area contributed by atoms with Gasteiger partial charge in [0.25, 0.3) is 0 Å². The van der Waals surface area contributed by atoms with Crippen LogP contribution in [0.15, 0.2) is 30.3 Å². The second-order valence-corrected chi connectivity index (χ2v) is 3.68. The molecule has 0 radical (unpaired) electrons. The monoisotopic (exact) mass is 236 g/mol. The quantitative estimate of drug-likeness (QED) is 0.872. The molecule has 4 nitrogen and oxygen atoms in total. The zero-order chi connectivity index (χ0) is 11.7. The Labute approximate surface area is 97.1 Å². The summed E-state index contributed by atoms with van der Waals surface area (Å²) in [7, 11) is 0. The highest BCUT2D eigenvalue weighted by Gasteiger charge is 2.18. The summed E-state index contributed by atoms with van der Waals surface area (Å²) in [5, 5.41) is 13.0. The van der Waals surface area contributed by atoms with Gasteiger partial charge in [-0.2, -0.15) is 5.10 Å². The van der Waals surface area contributed by atoms with Gasteiger partial charge in [-0.1, -0.05) is 29.8 Å². The molecule has 16 heavy (non-hydrogen) atoms. The number of benzene rings is 1. The smallest absolute Gasteiger partial charge is 0.358 e. The van der Waals surface area contributed by atoms with Crippen molar-refractivity contribution >= 4 is 17.6 Å². The number of hydrogen-bond acceptors (Lipinski definition) is 2. The van der Waals surface area contributed by atoms with Gasteiger partial charge >= 0.3 is 5.97 Å². The standard InChI is InChI=1S/C11H9ClN2O2/c1-7-9(12)10(11(15)16)13-14(7)8-5-3-2-4-6-8/h2-6H,1H3,(H,15,16). The molecule has 0 bridgehead atoms. The molecule has 1 aromatic carbocycles. The van der Waals surface area contributed by atoms with E-state index < -0.39 is 5.97 Å². The van der Waals surface area contributed by atoms with Gasteiger partial charge in [-0.15, -0.1) is 0 Å². The van der Waals surface area contributed by atoms with Crippen molar-refractivity contribution in [3.05, 3.63) is 46.7 Å². The highest BCUT2D eigenvalue weighted by molar-refractivity contribution is 6.33. The fourth-order valence-electron chi connectivity index (χ4n) is 1.44. The molecule has 0 unspecified atom stereocenters. The Morgan fingerprint density at radius 1 is 1.38 bits per heavy atom. The van der Waals surface area contributed by atoms with Crippen molar-refractivity contribution in [2.75, 3.05) is 0 Å². The van der Waals surface area contributed by atoms with E-state index >= 15 is 0 Å². The zero-order valence-corrected chi connectivity index (χ0v) is 9.27. The van der Waals surface area contributed by atoms with E-state index in [4.69, 9.17) is 16.7 Å². The Bertz CT molecular complexity index is 534. The maximum Gasteiger partial charge on any atom is 0.358 e. The van der Waals surface area contributed by atoms with Crippen molar-refractivity contribution in [3.8, 4) is 5.69 Å². The van der Waals surface area contributed by atoms with Gasteiger partial charge in [0, 0.05) is 0 Å². The summed E-state index contributed by atoms with van der Waals surface area (Å²) in [6, 6.07) is 9.25. The van der Waals surface area contributed by atoms with E-state index in [0.29, 0.717) is 5.69 Å². The van der Waals surface area contributed by atoms with E-state index in [0.717, 1.165) is 5.69 Å². The largest absolute Gasteiger partial charge is 0.476 e. The molecule has 0 spiro atoms. The molecule has 1 aromatic heterocycles. The van der Waals surface area contributed by atoms with Gasteiger partial charge in [-0.05, 0) is 19.1 Å². The van der Waals surface area contributed by atoms with Crippen molar-refractivity contribution in [2.24, 2.45) is 0 Å². The average Bonchev–Trinajstić information content (AvgIpc) is 2.58. The molecule has 2 aromatic rings. The first-order valence-electron chi connectivity index (χ1n) is 4.65. The number of carbonyl (C=O) groups is 1. The number of hydrogen-bond donors (Lipinski definition) is 1. The second kappa shape index (κ2) is 3.98. The Balaban J connectivity index is 2.60. The lowest BCUT2D eigenvalue weighted by molar-refractivity contribution is 0.0690. The molecule has 1 heterocycles. The maximum atomic E-state index is 10.9. The molecular formula is C11H9ClN2O2. The number of nitrogens with zero attached hydrogens (tertiary/aromatic N) is 2. The summed E-state index contributed by atoms with van der Waals surface area (Å²) in [6.07, 6.45) is 0. The third-order valence-electron chi connectivity index (χ3n) is 2.25. The van der Waals surface area contributed by atoms with Crippen LogP contribution < -0.4 is 0 Å². The fraction of sp³-hybridized carbons (Fsp3) is 0.0909. The van der Waals surface area contributed by atoms with Gasteiger partial charge < -0.3 is 5.11 Å². The van der Waals surface area contributed by atoms with Crippen LogP contribution in [0, 0.1) is 6.92 Å². The number of carboxylic acids is 1. The molecule has 0 aliphatic rings. The van der Waals surface area contributed by atoms with Gasteiger partial charge in [0.05, 0.1) is 16.4 Å². The molecule has 1 N–H and O–H groups in total. The van der Waals surface area contributed by atoms with Crippen LogP contribution in [-0.2, 0) is 0 Å². The Morgan fingerprint density at radius 3 is 2.50 bits per heavy atom. The molecule has 0 saturated heterocycles. The second-order valence-electron chi connectivity index (χ2n) is 3.30. The maximum absolute atomic E-state index is 10.9. The summed E-state index contributed by atoms with van der Waals surface area (Å²) < 4.78 is 1.52. The van der Waals surface area contributed by atoms with E-state index in [1.165, 1.54) is 4.68 Å². The fourth-order valence-corrected chi connectivity index (χ4v) is 1.64. The topological polar surface area (TPSA) is 55.1 Å². The third kappa shape index (κ3) is 1.67. The SMILES string of the molecule is Cc1c(Cl)c(C(=O)O)nn1-c1ccccc1. The van der Waals surface area contributed by atoms with E-state index in [-0.39, 0.29) is 10.7 Å². The highest BCUT2D eigenvalue weighted by atomic mass is 35.5. The van der Waals surface area contributed by atoms with E-state index in [9.17, 15) is 4.79 Å². The molecule has 0 atom stereocenters. The Hall–Kier alpha value is -1.81. The van der Waals surface area contributed by atoms with Gasteiger partial charge in [0.1, 0.15) is 0 Å². The van der Waals surface area contributed by atoms with E-state index in [2.05, 4.69) is 5.10 Å². The normalized spacial score (nSPS) is 10.4. The van der Waals surface area contributed by atoms with Gasteiger partial charge in [0.15, 0.2) is 5.69 Å². The van der Waals surface area contributed by atoms with Crippen LogP contribution in [0.2, 0.25) is 5.02 Å². The summed E-state index contributed by atoms with van der Waals surface area (Å²) in [6.45, 7) is 1.73. The van der Waals surface area contributed by atoms with Crippen molar-refractivity contribution < 1.29 is 9.90 Å². The Morgan fingerprint density at radius 2 is 2.00 bits per heavy atom. The van der Waals surface area contributed by atoms with Crippen molar-refractivity contribution in [1.29, 1.82) is 0 Å². The molecule has 0 aliphatic heterocycles. The van der Waals surface area contributed by atoms with E-state index in [1.54, 1.807) is 6.92 Å². The van der Waals surface area contributed by atoms with Crippen molar-refractivity contribution in [2.45, 2.75) is 6.92 Å². The number of rotatable bonds is 2. The minimum Gasteiger partial charge on any atom is -0.476 e. The summed E-state index contributed by atoms with van der Waals surface area (Å²) >= 11 is 5.89. The minimum absolute atomic E-state index is 0.122. The molecule has 5 heteroatoms. The summed E-state index contributed by atoms with van der Waals surface area (Å²) in [5.74, 6) is -1.12. The number of aromatic carboxylic acids is 1. The summed E-state index contributed by atoms with van der Waals surface area (Å²) in [5.41, 5.74) is 1.28. The van der Waals surface area contributed by atoms with Crippen molar-refractivity contribution in [1.82, 2.24) is 9.78 Å². The van der Waals surface area contributed by atoms with Gasteiger partial charge in [-0.25, -0.2) is 9.48 Å². The predicted octanol–water partition coefficient (Wildman–Crippen LogP) is 2.53. The lowest BCUT2D eigenvalue weighted by Gasteiger charge is -2.02. The van der Waals surface area contributed by atoms with Crippen LogP contribution in [0.5, 0.6) is 0 Å². The number of halogens is 1. The van der Waals surface area contributed by atoms with Crippen LogP contribution in [0.25, 0.3) is 5.69 Å². The first kappa shape index (κ1) is 10.7. The highest BCUT2D eigenvalue weighted by Crippen LogP contribution is 2.22. The van der Waals surface area contributed by atoms with Crippen LogP contribution in [0.3, 0.4) is 0 Å². The molecular weight excluding hydrogens is 228 g/mol. The Kier molecular flexibility index (Phi) is 2.66. The molecule has 0 fully saturated rings. The third-order valence-corrected chi connectivity index (χ3v) is 2.70. The van der Waals surface area contributed by atoms with Crippen molar-refractivity contribution in [3.63, 3.8) is 0 Å². The lowest BCUT2D eigenvalue weighted by atomic mass is 10.3. The summed E-state index contributed by atoms with van der Waals surface area (Å²) in [4.78, 5) is 10.9. The van der Waals surface area contributed by atoms with E-state index in [1.807, 2.05) is 30.3 Å². The zero-order valence-electron chi connectivity index (χ0n) is 8.51. The first-order valence-corrected chi connectivity index (χ1v) is 5.03. The molecule has 0 saturated carbocycles. The molecule has 0 amide bonds. The lowest BCUT2D eigenvalue weighted by Crippen LogP contribution is -2.01. The average molecular weight is 237 g/mol. The molecule has 0 aliphatic carbocycles.